The smallest absolute Gasteiger partial charge is 0.255 e. The Morgan fingerprint density at radius 1 is 1.30 bits per heavy atom. The van der Waals surface area contributed by atoms with Gasteiger partial charge in [0.25, 0.3) is 5.78 Å². The van der Waals surface area contributed by atoms with E-state index in [1.165, 1.54) is 23.0 Å². The zero-order valence-electron chi connectivity index (χ0n) is 10.2. The van der Waals surface area contributed by atoms with Crippen molar-refractivity contribution in [2.45, 2.75) is 6.92 Å². The van der Waals surface area contributed by atoms with Gasteiger partial charge in [-0.25, -0.2) is 4.39 Å². The molecule has 0 fully saturated rings. The fraction of sp³-hybridized carbons (Fsp3) is 0.0833. The summed E-state index contributed by atoms with van der Waals surface area (Å²) >= 11 is 11.8. The van der Waals surface area contributed by atoms with Gasteiger partial charge in [-0.1, -0.05) is 23.2 Å². The molecule has 0 saturated heterocycles. The molecule has 1 aromatic carbocycles. The van der Waals surface area contributed by atoms with Gasteiger partial charge in [0.05, 0.1) is 5.69 Å². The van der Waals surface area contributed by atoms with Crippen molar-refractivity contribution in [3.63, 3.8) is 0 Å². The van der Waals surface area contributed by atoms with Crippen molar-refractivity contribution in [3.05, 3.63) is 46.1 Å². The third-order valence-electron chi connectivity index (χ3n) is 2.79. The molecule has 8 heteroatoms. The van der Waals surface area contributed by atoms with Gasteiger partial charge < -0.3 is 5.32 Å². The Bertz CT molecular complexity index is 802. The van der Waals surface area contributed by atoms with E-state index in [0.717, 1.165) is 0 Å². The Kier molecular flexibility index (Phi) is 3.19. The van der Waals surface area contributed by atoms with Gasteiger partial charge in [-0.05, 0) is 25.1 Å². The second kappa shape index (κ2) is 4.88. The molecule has 3 rings (SSSR count). The molecule has 1 N–H and O–H groups in total. The molecule has 2 aromatic heterocycles. The number of fused-ring (bicyclic) bond motifs is 1. The monoisotopic (exact) mass is 311 g/mol. The van der Waals surface area contributed by atoms with Crippen LogP contribution in [0.15, 0.2) is 24.5 Å². The third-order valence-corrected chi connectivity index (χ3v) is 3.39. The largest absolute Gasteiger partial charge is 0.337 e. The average Bonchev–Trinajstić information content (AvgIpc) is 2.85. The summed E-state index contributed by atoms with van der Waals surface area (Å²) in [4.78, 5) is 8.03. The Labute approximate surface area is 123 Å². The SMILES string of the molecule is Cc1c(Cl)nc2ncnn2c1Nc1ccc(Cl)cc1F. The first kappa shape index (κ1) is 13.1. The lowest BCUT2D eigenvalue weighted by atomic mass is 10.3. The highest BCUT2D eigenvalue weighted by Gasteiger charge is 2.14. The molecular weight excluding hydrogens is 304 g/mol. The van der Waals surface area contributed by atoms with E-state index in [4.69, 9.17) is 23.2 Å². The van der Waals surface area contributed by atoms with Crippen molar-refractivity contribution < 1.29 is 4.39 Å². The molecule has 3 aromatic rings. The van der Waals surface area contributed by atoms with Crippen LogP contribution in [0.5, 0.6) is 0 Å². The number of aromatic nitrogens is 4. The van der Waals surface area contributed by atoms with E-state index in [-0.39, 0.29) is 10.8 Å². The average molecular weight is 312 g/mol. The van der Waals surface area contributed by atoms with Crippen molar-refractivity contribution in [2.24, 2.45) is 0 Å². The summed E-state index contributed by atoms with van der Waals surface area (Å²) in [6, 6.07) is 4.35. The van der Waals surface area contributed by atoms with Crippen LogP contribution in [0.1, 0.15) is 5.56 Å². The summed E-state index contributed by atoms with van der Waals surface area (Å²) in [7, 11) is 0. The zero-order chi connectivity index (χ0) is 14.3. The van der Waals surface area contributed by atoms with Crippen molar-refractivity contribution in [3.8, 4) is 0 Å². The number of halogens is 3. The van der Waals surface area contributed by atoms with Crippen LogP contribution in [0.3, 0.4) is 0 Å². The minimum absolute atomic E-state index is 0.261. The van der Waals surface area contributed by atoms with E-state index in [1.807, 2.05) is 0 Å². The molecule has 0 saturated carbocycles. The number of benzene rings is 1. The highest BCUT2D eigenvalue weighted by Crippen LogP contribution is 2.27. The van der Waals surface area contributed by atoms with Crippen molar-refractivity contribution in [2.75, 3.05) is 5.32 Å². The number of anilines is 2. The maximum absolute atomic E-state index is 13.9. The molecule has 5 nitrogen and oxygen atoms in total. The Morgan fingerprint density at radius 3 is 2.85 bits per heavy atom. The first-order chi connectivity index (χ1) is 9.56. The summed E-state index contributed by atoms with van der Waals surface area (Å²) in [5.74, 6) is 0.356. The van der Waals surface area contributed by atoms with Gasteiger partial charge in [0, 0.05) is 10.6 Å². The van der Waals surface area contributed by atoms with Gasteiger partial charge >= 0.3 is 0 Å². The summed E-state index contributed by atoms with van der Waals surface area (Å²) < 4.78 is 15.3. The second-order valence-corrected chi connectivity index (χ2v) is 4.89. The molecule has 102 valence electrons. The van der Waals surface area contributed by atoms with Crippen molar-refractivity contribution in [1.29, 1.82) is 0 Å². The minimum Gasteiger partial charge on any atom is -0.337 e. The Morgan fingerprint density at radius 2 is 2.10 bits per heavy atom. The normalized spacial score (nSPS) is 11.0. The van der Waals surface area contributed by atoms with Gasteiger partial charge in [0.15, 0.2) is 0 Å². The molecule has 0 bridgehead atoms. The van der Waals surface area contributed by atoms with Gasteiger partial charge in [0.2, 0.25) is 0 Å². The fourth-order valence-electron chi connectivity index (χ4n) is 1.76. The van der Waals surface area contributed by atoms with Crippen LogP contribution in [-0.2, 0) is 0 Å². The predicted octanol–water partition coefficient (Wildman–Crippen LogP) is 3.62. The van der Waals surface area contributed by atoms with Crippen molar-refractivity contribution in [1.82, 2.24) is 19.6 Å². The first-order valence-corrected chi connectivity index (χ1v) is 6.40. The van der Waals surface area contributed by atoms with Gasteiger partial charge in [-0.3, -0.25) is 0 Å². The van der Waals surface area contributed by atoms with Crippen LogP contribution in [0.2, 0.25) is 10.2 Å². The molecule has 0 unspecified atom stereocenters. The summed E-state index contributed by atoms with van der Waals surface area (Å²) in [5.41, 5.74) is 0.899. The molecule has 0 aliphatic carbocycles. The second-order valence-electron chi connectivity index (χ2n) is 4.10. The van der Waals surface area contributed by atoms with E-state index in [1.54, 1.807) is 13.0 Å². The van der Waals surface area contributed by atoms with Crippen LogP contribution in [0, 0.1) is 12.7 Å². The first-order valence-electron chi connectivity index (χ1n) is 5.64. The molecule has 0 spiro atoms. The van der Waals surface area contributed by atoms with E-state index in [9.17, 15) is 4.39 Å². The maximum atomic E-state index is 13.9. The van der Waals surface area contributed by atoms with Crippen LogP contribution >= 0.6 is 23.2 Å². The van der Waals surface area contributed by atoms with Crippen molar-refractivity contribution >= 4 is 40.5 Å². The van der Waals surface area contributed by atoms with Crippen LogP contribution in [0.25, 0.3) is 5.78 Å². The molecule has 0 radical (unpaired) electrons. The maximum Gasteiger partial charge on any atom is 0.255 e. The molecule has 2 heterocycles. The number of nitrogens with zero attached hydrogens (tertiary/aromatic N) is 4. The van der Waals surface area contributed by atoms with Crippen LogP contribution in [0.4, 0.5) is 15.9 Å². The van der Waals surface area contributed by atoms with Gasteiger partial charge in [0.1, 0.15) is 23.1 Å². The van der Waals surface area contributed by atoms with Crippen LogP contribution in [-0.4, -0.2) is 19.6 Å². The molecular formula is C12H8Cl2FN5. The quantitative estimate of drug-likeness (QED) is 0.734. The van der Waals surface area contributed by atoms with Gasteiger partial charge in [-0.2, -0.15) is 19.6 Å². The third kappa shape index (κ3) is 2.17. The minimum atomic E-state index is -0.474. The summed E-state index contributed by atoms with van der Waals surface area (Å²) in [5, 5.41) is 7.58. The number of rotatable bonds is 2. The lowest BCUT2D eigenvalue weighted by Crippen LogP contribution is -2.06. The molecule has 0 aliphatic heterocycles. The molecule has 0 atom stereocenters. The number of hydrogen-bond donors (Lipinski definition) is 1. The van der Waals surface area contributed by atoms with E-state index in [0.29, 0.717) is 22.2 Å². The fourth-order valence-corrected chi connectivity index (χ4v) is 2.09. The van der Waals surface area contributed by atoms with Gasteiger partial charge in [-0.15, -0.1) is 0 Å². The van der Waals surface area contributed by atoms with Crippen LogP contribution < -0.4 is 5.32 Å². The van der Waals surface area contributed by atoms with E-state index < -0.39 is 5.82 Å². The number of nitrogens with one attached hydrogen (secondary N) is 1. The van der Waals surface area contributed by atoms with E-state index >= 15 is 0 Å². The molecule has 20 heavy (non-hydrogen) atoms. The lowest BCUT2D eigenvalue weighted by molar-refractivity contribution is 0.631. The lowest BCUT2D eigenvalue weighted by Gasteiger charge is -2.12. The topological polar surface area (TPSA) is 55.1 Å². The predicted molar refractivity (Wildman–Crippen MR) is 75.2 cm³/mol. The standard InChI is InChI=1S/C12H8Cl2FN5/c1-6-10(14)19-12-16-5-17-20(12)11(6)18-9-3-2-7(13)4-8(9)15/h2-5,18H,1H3. The highest BCUT2D eigenvalue weighted by molar-refractivity contribution is 6.31. The number of hydrogen-bond acceptors (Lipinski definition) is 4. The Hall–Kier alpha value is -1.92. The molecule has 0 aliphatic rings. The zero-order valence-corrected chi connectivity index (χ0v) is 11.7. The summed E-state index contributed by atoms with van der Waals surface area (Å²) in [6.07, 6.45) is 1.35. The summed E-state index contributed by atoms with van der Waals surface area (Å²) in [6.45, 7) is 1.76. The Balaban J connectivity index is 2.14. The highest BCUT2D eigenvalue weighted by atomic mass is 35.5. The molecule has 0 amide bonds. The van der Waals surface area contributed by atoms with E-state index in [2.05, 4.69) is 20.4 Å².